The van der Waals surface area contributed by atoms with Gasteiger partial charge >= 0.3 is 5.97 Å². The SMILES string of the molecule is CCOC(=O)c1cc2c(C)cc(C)cc2[nH]1. The van der Waals surface area contributed by atoms with Crippen LogP contribution in [0.3, 0.4) is 0 Å². The summed E-state index contributed by atoms with van der Waals surface area (Å²) in [6.07, 6.45) is 0. The highest BCUT2D eigenvalue weighted by Crippen LogP contribution is 2.21. The van der Waals surface area contributed by atoms with E-state index in [4.69, 9.17) is 4.74 Å². The van der Waals surface area contributed by atoms with Crippen LogP contribution in [0.2, 0.25) is 0 Å². The summed E-state index contributed by atoms with van der Waals surface area (Å²) in [5.41, 5.74) is 3.86. The van der Waals surface area contributed by atoms with Crippen molar-refractivity contribution in [1.29, 1.82) is 0 Å². The number of aromatic nitrogens is 1. The molecule has 84 valence electrons. The molecule has 0 bridgehead atoms. The van der Waals surface area contributed by atoms with Crippen LogP contribution in [-0.4, -0.2) is 17.6 Å². The molecule has 0 amide bonds. The summed E-state index contributed by atoms with van der Waals surface area (Å²) < 4.78 is 4.96. The number of ether oxygens (including phenoxy) is 1. The van der Waals surface area contributed by atoms with Crippen LogP contribution < -0.4 is 0 Å². The van der Waals surface area contributed by atoms with Gasteiger partial charge in [0.1, 0.15) is 5.69 Å². The number of esters is 1. The zero-order chi connectivity index (χ0) is 11.7. The van der Waals surface area contributed by atoms with Crippen LogP contribution in [0.5, 0.6) is 0 Å². The molecule has 1 N–H and O–H groups in total. The van der Waals surface area contributed by atoms with Gasteiger partial charge in [0, 0.05) is 10.9 Å². The minimum absolute atomic E-state index is 0.296. The van der Waals surface area contributed by atoms with Crippen LogP contribution in [0.25, 0.3) is 10.9 Å². The Labute approximate surface area is 94.4 Å². The molecule has 2 rings (SSSR count). The molecular formula is C13H15NO2. The van der Waals surface area contributed by atoms with E-state index in [9.17, 15) is 4.79 Å². The second-order valence-corrected chi connectivity index (χ2v) is 3.95. The Balaban J connectivity index is 2.51. The molecule has 0 fully saturated rings. The van der Waals surface area contributed by atoms with Crippen molar-refractivity contribution in [1.82, 2.24) is 4.98 Å². The Hall–Kier alpha value is -1.77. The summed E-state index contributed by atoms with van der Waals surface area (Å²) in [6.45, 7) is 6.28. The molecular weight excluding hydrogens is 202 g/mol. The van der Waals surface area contributed by atoms with Gasteiger partial charge in [-0.3, -0.25) is 0 Å². The molecule has 0 unspecified atom stereocenters. The third-order valence-corrected chi connectivity index (χ3v) is 2.58. The van der Waals surface area contributed by atoms with Crippen molar-refractivity contribution in [2.24, 2.45) is 0 Å². The molecule has 0 radical (unpaired) electrons. The highest BCUT2D eigenvalue weighted by molar-refractivity contribution is 5.96. The second kappa shape index (κ2) is 4.00. The number of carbonyl (C=O) groups excluding carboxylic acids is 1. The normalized spacial score (nSPS) is 10.7. The molecule has 0 aliphatic carbocycles. The van der Waals surface area contributed by atoms with Crippen molar-refractivity contribution in [2.45, 2.75) is 20.8 Å². The summed E-state index contributed by atoms with van der Waals surface area (Å²) in [6, 6.07) is 5.98. The number of hydrogen-bond acceptors (Lipinski definition) is 2. The first kappa shape index (κ1) is 10.7. The van der Waals surface area contributed by atoms with E-state index in [1.54, 1.807) is 6.92 Å². The van der Waals surface area contributed by atoms with Crippen molar-refractivity contribution in [3.8, 4) is 0 Å². The maximum absolute atomic E-state index is 11.6. The average Bonchev–Trinajstić information content (AvgIpc) is 2.62. The topological polar surface area (TPSA) is 42.1 Å². The number of fused-ring (bicyclic) bond motifs is 1. The number of nitrogens with one attached hydrogen (secondary N) is 1. The second-order valence-electron chi connectivity index (χ2n) is 3.95. The summed E-state index contributed by atoms with van der Waals surface area (Å²) in [4.78, 5) is 14.6. The van der Waals surface area contributed by atoms with E-state index >= 15 is 0 Å². The Bertz CT molecular complexity index is 540. The van der Waals surface area contributed by atoms with E-state index < -0.39 is 0 Å². The molecule has 3 nitrogen and oxygen atoms in total. The number of rotatable bonds is 2. The number of benzene rings is 1. The summed E-state index contributed by atoms with van der Waals surface area (Å²) in [5, 5.41) is 1.08. The first-order chi connectivity index (χ1) is 7.61. The van der Waals surface area contributed by atoms with Crippen molar-refractivity contribution in [3.63, 3.8) is 0 Å². The number of aryl methyl sites for hydroxylation is 2. The van der Waals surface area contributed by atoms with Crippen molar-refractivity contribution < 1.29 is 9.53 Å². The van der Waals surface area contributed by atoms with Crippen LogP contribution in [-0.2, 0) is 4.74 Å². The monoisotopic (exact) mass is 217 g/mol. The van der Waals surface area contributed by atoms with Gasteiger partial charge in [0.15, 0.2) is 0 Å². The van der Waals surface area contributed by atoms with Gasteiger partial charge < -0.3 is 9.72 Å². The third-order valence-electron chi connectivity index (χ3n) is 2.58. The Morgan fingerprint density at radius 1 is 1.31 bits per heavy atom. The molecule has 2 aromatic rings. The van der Waals surface area contributed by atoms with Crippen LogP contribution in [0.4, 0.5) is 0 Å². The number of hydrogen-bond donors (Lipinski definition) is 1. The van der Waals surface area contributed by atoms with Crippen LogP contribution in [0.15, 0.2) is 18.2 Å². The Morgan fingerprint density at radius 2 is 2.06 bits per heavy atom. The molecule has 0 saturated carbocycles. The van der Waals surface area contributed by atoms with Gasteiger partial charge in [-0.15, -0.1) is 0 Å². The Morgan fingerprint density at radius 3 is 2.75 bits per heavy atom. The van der Waals surface area contributed by atoms with E-state index in [-0.39, 0.29) is 5.97 Å². The highest BCUT2D eigenvalue weighted by atomic mass is 16.5. The number of carbonyl (C=O) groups is 1. The lowest BCUT2D eigenvalue weighted by Gasteiger charge is -1.97. The van der Waals surface area contributed by atoms with Gasteiger partial charge in [-0.05, 0) is 44.0 Å². The van der Waals surface area contributed by atoms with E-state index in [2.05, 4.69) is 11.1 Å². The fraction of sp³-hybridized carbons (Fsp3) is 0.308. The molecule has 0 saturated heterocycles. The minimum Gasteiger partial charge on any atom is -0.461 e. The van der Waals surface area contributed by atoms with Crippen LogP contribution >= 0.6 is 0 Å². The van der Waals surface area contributed by atoms with Gasteiger partial charge in [0.25, 0.3) is 0 Å². The molecule has 0 atom stereocenters. The van der Waals surface area contributed by atoms with Gasteiger partial charge in [0.05, 0.1) is 6.61 Å². The molecule has 1 heterocycles. The highest BCUT2D eigenvalue weighted by Gasteiger charge is 2.11. The molecule has 0 aliphatic heterocycles. The van der Waals surface area contributed by atoms with E-state index in [1.165, 1.54) is 11.1 Å². The smallest absolute Gasteiger partial charge is 0.354 e. The molecule has 3 heteroatoms. The average molecular weight is 217 g/mol. The predicted molar refractivity (Wildman–Crippen MR) is 63.7 cm³/mol. The maximum Gasteiger partial charge on any atom is 0.354 e. The number of H-pyrrole nitrogens is 1. The maximum atomic E-state index is 11.6. The zero-order valence-electron chi connectivity index (χ0n) is 9.76. The number of aromatic amines is 1. The van der Waals surface area contributed by atoms with Crippen molar-refractivity contribution >= 4 is 16.9 Å². The molecule has 0 aliphatic rings. The fourth-order valence-corrected chi connectivity index (χ4v) is 1.92. The van der Waals surface area contributed by atoms with Crippen molar-refractivity contribution in [3.05, 3.63) is 35.0 Å². The molecule has 0 spiro atoms. The Kier molecular flexibility index (Phi) is 2.69. The standard InChI is InChI=1S/C13H15NO2/c1-4-16-13(15)12-7-10-9(3)5-8(2)6-11(10)14-12/h5-7,14H,4H2,1-3H3. The fourth-order valence-electron chi connectivity index (χ4n) is 1.92. The van der Waals surface area contributed by atoms with E-state index in [0.29, 0.717) is 12.3 Å². The zero-order valence-corrected chi connectivity index (χ0v) is 9.76. The van der Waals surface area contributed by atoms with Gasteiger partial charge in [-0.2, -0.15) is 0 Å². The van der Waals surface area contributed by atoms with Crippen LogP contribution in [0.1, 0.15) is 28.5 Å². The van der Waals surface area contributed by atoms with Crippen LogP contribution in [0, 0.1) is 13.8 Å². The van der Waals surface area contributed by atoms with Crippen molar-refractivity contribution in [2.75, 3.05) is 6.61 Å². The quantitative estimate of drug-likeness (QED) is 0.786. The van der Waals surface area contributed by atoms with Gasteiger partial charge in [-0.1, -0.05) is 6.07 Å². The lowest BCUT2D eigenvalue weighted by Crippen LogP contribution is -2.04. The minimum atomic E-state index is -0.296. The largest absolute Gasteiger partial charge is 0.461 e. The van der Waals surface area contributed by atoms with E-state index in [1.807, 2.05) is 26.0 Å². The molecule has 1 aromatic carbocycles. The molecule has 16 heavy (non-hydrogen) atoms. The first-order valence-corrected chi connectivity index (χ1v) is 5.39. The van der Waals surface area contributed by atoms with E-state index in [0.717, 1.165) is 10.9 Å². The first-order valence-electron chi connectivity index (χ1n) is 5.39. The van der Waals surface area contributed by atoms with Gasteiger partial charge in [0.2, 0.25) is 0 Å². The lowest BCUT2D eigenvalue weighted by molar-refractivity contribution is 0.0520. The predicted octanol–water partition coefficient (Wildman–Crippen LogP) is 2.96. The lowest BCUT2D eigenvalue weighted by atomic mass is 10.1. The van der Waals surface area contributed by atoms with Gasteiger partial charge in [-0.25, -0.2) is 4.79 Å². The summed E-state index contributed by atoms with van der Waals surface area (Å²) in [5.74, 6) is -0.296. The third kappa shape index (κ3) is 1.81. The summed E-state index contributed by atoms with van der Waals surface area (Å²) >= 11 is 0. The summed E-state index contributed by atoms with van der Waals surface area (Å²) in [7, 11) is 0. The molecule has 1 aromatic heterocycles.